The van der Waals surface area contributed by atoms with E-state index in [1.165, 1.54) is 23.5 Å². The van der Waals surface area contributed by atoms with Gasteiger partial charge in [0.2, 0.25) is 0 Å². The molecule has 0 bridgehead atoms. The lowest BCUT2D eigenvalue weighted by atomic mass is 10.2. The summed E-state index contributed by atoms with van der Waals surface area (Å²) >= 11 is 1.32. The molecule has 0 unspecified atom stereocenters. The first-order valence-electron chi connectivity index (χ1n) is 4.47. The molecule has 6 heteroatoms. The lowest BCUT2D eigenvalue weighted by Crippen LogP contribution is -1.93. The molecule has 2 heterocycles. The summed E-state index contributed by atoms with van der Waals surface area (Å²) in [6, 6.07) is 6.31. The number of thiophene rings is 1. The van der Waals surface area contributed by atoms with E-state index in [1.807, 2.05) is 0 Å². The fraction of sp³-hybridized carbons (Fsp3) is 0. The lowest BCUT2D eigenvalue weighted by molar-refractivity contribution is 0.528. The Balaban J connectivity index is 2.22. The molecule has 0 fully saturated rings. The number of aromatic nitrogens is 2. The molecule has 0 amide bonds. The number of benzene rings is 1. The van der Waals surface area contributed by atoms with E-state index < -0.39 is 5.76 Å². The molecule has 4 nitrogen and oxygen atoms in total. The average molecular weight is 236 g/mol. The zero-order valence-electron chi connectivity index (χ0n) is 7.86. The minimum Gasteiger partial charge on any atom is -0.387 e. The van der Waals surface area contributed by atoms with Crippen LogP contribution in [-0.2, 0) is 0 Å². The highest BCUT2D eigenvalue weighted by Crippen LogP contribution is 2.32. The third-order valence-corrected chi connectivity index (χ3v) is 3.22. The van der Waals surface area contributed by atoms with Gasteiger partial charge in [-0.25, -0.2) is 14.3 Å². The van der Waals surface area contributed by atoms with Crippen molar-refractivity contribution in [3.8, 4) is 10.8 Å². The van der Waals surface area contributed by atoms with Gasteiger partial charge < -0.3 is 4.42 Å². The van der Waals surface area contributed by atoms with Crippen LogP contribution in [0.25, 0.3) is 20.9 Å². The molecule has 0 saturated heterocycles. The van der Waals surface area contributed by atoms with Crippen LogP contribution in [0.4, 0.5) is 4.39 Å². The molecule has 3 rings (SSSR count). The van der Waals surface area contributed by atoms with Gasteiger partial charge in [0.25, 0.3) is 5.89 Å². The maximum atomic E-state index is 13.0. The van der Waals surface area contributed by atoms with Gasteiger partial charge in [0.1, 0.15) is 5.82 Å². The Bertz CT molecular complexity index is 713. The molecule has 0 aliphatic heterocycles. The van der Waals surface area contributed by atoms with Gasteiger partial charge in [-0.3, -0.25) is 0 Å². The van der Waals surface area contributed by atoms with Crippen LogP contribution in [0.5, 0.6) is 0 Å². The van der Waals surface area contributed by atoms with Gasteiger partial charge in [-0.15, -0.1) is 16.4 Å². The maximum absolute atomic E-state index is 13.0. The molecule has 0 aliphatic rings. The first-order valence-corrected chi connectivity index (χ1v) is 5.29. The number of halogens is 1. The van der Waals surface area contributed by atoms with Gasteiger partial charge >= 0.3 is 5.76 Å². The van der Waals surface area contributed by atoms with Crippen molar-refractivity contribution in [2.75, 3.05) is 0 Å². The van der Waals surface area contributed by atoms with Crippen LogP contribution in [0, 0.1) is 5.82 Å². The van der Waals surface area contributed by atoms with Crippen molar-refractivity contribution in [1.29, 1.82) is 0 Å². The first-order chi connectivity index (χ1) is 7.72. The van der Waals surface area contributed by atoms with Gasteiger partial charge in [0, 0.05) is 4.70 Å². The summed E-state index contributed by atoms with van der Waals surface area (Å²) in [4.78, 5) is 11.5. The van der Waals surface area contributed by atoms with Gasteiger partial charge in [0.05, 0.1) is 4.88 Å². The zero-order chi connectivity index (χ0) is 11.1. The molecule has 0 aliphatic carbocycles. The molecule has 1 N–H and O–H groups in total. The quantitative estimate of drug-likeness (QED) is 0.705. The number of hydrogen-bond donors (Lipinski definition) is 1. The Hall–Kier alpha value is -1.95. The van der Waals surface area contributed by atoms with Gasteiger partial charge in [-0.05, 0) is 23.6 Å². The molecular weight excluding hydrogens is 231 g/mol. The van der Waals surface area contributed by atoms with Crippen LogP contribution in [0.3, 0.4) is 0 Å². The molecule has 0 spiro atoms. The van der Waals surface area contributed by atoms with E-state index in [0.29, 0.717) is 4.88 Å². The number of H-pyrrole nitrogens is 1. The van der Waals surface area contributed by atoms with Crippen LogP contribution in [0.15, 0.2) is 33.5 Å². The molecule has 80 valence electrons. The summed E-state index contributed by atoms with van der Waals surface area (Å²) in [5, 5.41) is 6.79. The number of nitrogens with zero attached hydrogens (tertiary/aromatic N) is 1. The zero-order valence-corrected chi connectivity index (χ0v) is 8.68. The monoisotopic (exact) mass is 236 g/mol. The van der Waals surface area contributed by atoms with Crippen molar-refractivity contribution in [2.45, 2.75) is 0 Å². The van der Waals surface area contributed by atoms with Crippen LogP contribution in [-0.4, -0.2) is 10.2 Å². The number of nitrogens with one attached hydrogen (secondary N) is 1. The first kappa shape index (κ1) is 9.29. The Kier molecular flexibility index (Phi) is 1.90. The molecule has 1 aromatic carbocycles. The van der Waals surface area contributed by atoms with E-state index in [9.17, 15) is 9.18 Å². The normalized spacial score (nSPS) is 11.1. The topological polar surface area (TPSA) is 58.9 Å². The summed E-state index contributed by atoms with van der Waals surface area (Å²) in [6.45, 7) is 0. The van der Waals surface area contributed by atoms with Crippen molar-refractivity contribution in [3.05, 3.63) is 40.6 Å². The van der Waals surface area contributed by atoms with Crippen LogP contribution in [0.1, 0.15) is 0 Å². The van der Waals surface area contributed by atoms with Crippen LogP contribution >= 0.6 is 11.3 Å². The second-order valence-electron chi connectivity index (χ2n) is 3.21. The van der Waals surface area contributed by atoms with E-state index in [4.69, 9.17) is 4.42 Å². The fourth-order valence-corrected chi connectivity index (χ4v) is 2.46. The SMILES string of the molecule is O=c1[nH]nc(-c2cc3ccc(F)cc3s2)o1. The fourth-order valence-electron chi connectivity index (χ4n) is 1.45. The summed E-state index contributed by atoms with van der Waals surface area (Å²) in [5.41, 5.74) is 0. The standard InChI is InChI=1S/C10H5FN2O2S/c11-6-2-1-5-3-8(16-7(5)4-6)9-12-13-10(14)15-9/h1-4H,(H,13,14). The third kappa shape index (κ3) is 1.43. The number of fused-ring (bicyclic) bond motifs is 1. The van der Waals surface area contributed by atoms with Crippen molar-refractivity contribution in [2.24, 2.45) is 0 Å². The van der Waals surface area contributed by atoms with Crippen LogP contribution < -0.4 is 5.76 Å². The van der Waals surface area contributed by atoms with Crippen LogP contribution in [0.2, 0.25) is 0 Å². The van der Waals surface area contributed by atoms with Crippen molar-refractivity contribution in [3.63, 3.8) is 0 Å². The molecule has 16 heavy (non-hydrogen) atoms. The minimum atomic E-state index is -0.598. The highest BCUT2D eigenvalue weighted by molar-refractivity contribution is 7.22. The predicted octanol–water partition coefficient (Wildman–Crippen LogP) is 2.38. The summed E-state index contributed by atoms with van der Waals surface area (Å²) in [6.07, 6.45) is 0. The largest absolute Gasteiger partial charge is 0.434 e. The molecule has 0 saturated carbocycles. The second-order valence-corrected chi connectivity index (χ2v) is 4.29. The molecule has 0 atom stereocenters. The molecule has 0 radical (unpaired) electrons. The van der Waals surface area contributed by atoms with E-state index in [2.05, 4.69) is 10.2 Å². The van der Waals surface area contributed by atoms with E-state index in [-0.39, 0.29) is 11.7 Å². The number of aromatic amines is 1. The highest BCUT2D eigenvalue weighted by atomic mass is 32.1. The summed E-state index contributed by atoms with van der Waals surface area (Å²) < 4.78 is 18.6. The van der Waals surface area contributed by atoms with Gasteiger partial charge in [0.15, 0.2) is 0 Å². The maximum Gasteiger partial charge on any atom is 0.434 e. The van der Waals surface area contributed by atoms with E-state index >= 15 is 0 Å². The minimum absolute atomic E-state index is 0.228. The summed E-state index contributed by atoms with van der Waals surface area (Å²) in [5.74, 6) is -0.658. The van der Waals surface area contributed by atoms with Gasteiger partial charge in [-0.1, -0.05) is 6.07 Å². The van der Waals surface area contributed by atoms with E-state index in [1.54, 1.807) is 12.1 Å². The smallest absolute Gasteiger partial charge is 0.387 e. The summed E-state index contributed by atoms with van der Waals surface area (Å²) in [7, 11) is 0. The third-order valence-electron chi connectivity index (χ3n) is 2.13. The van der Waals surface area contributed by atoms with Crippen molar-refractivity contribution < 1.29 is 8.81 Å². The van der Waals surface area contributed by atoms with Crippen molar-refractivity contribution in [1.82, 2.24) is 10.2 Å². The second kappa shape index (κ2) is 3.28. The molecule has 3 aromatic rings. The Labute approximate surface area is 92.3 Å². The van der Waals surface area contributed by atoms with E-state index in [0.717, 1.165) is 10.1 Å². The van der Waals surface area contributed by atoms with Crippen molar-refractivity contribution >= 4 is 21.4 Å². The predicted molar refractivity (Wildman–Crippen MR) is 57.9 cm³/mol. The average Bonchev–Trinajstić information content (AvgIpc) is 2.83. The molecule has 2 aromatic heterocycles. The Morgan fingerprint density at radius 1 is 1.38 bits per heavy atom. The van der Waals surface area contributed by atoms with Gasteiger partial charge in [-0.2, -0.15) is 0 Å². The highest BCUT2D eigenvalue weighted by Gasteiger charge is 2.09. The Morgan fingerprint density at radius 3 is 3.00 bits per heavy atom. The number of rotatable bonds is 1. The molecular formula is C10H5FN2O2S. The lowest BCUT2D eigenvalue weighted by Gasteiger charge is -1.86. The Morgan fingerprint density at radius 2 is 2.25 bits per heavy atom. The number of hydrogen-bond acceptors (Lipinski definition) is 4.